The number of anilines is 1. The lowest BCUT2D eigenvalue weighted by Gasteiger charge is -2.03. The van der Waals surface area contributed by atoms with Crippen molar-refractivity contribution in [2.24, 2.45) is 5.10 Å². The van der Waals surface area contributed by atoms with Gasteiger partial charge in [0.25, 0.3) is 0 Å². The Morgan fingerprint density at radius 2 is 2.13 bits per heavy atom. The number of methoxy groups -OCH3 is 1. The maximum atomic E-state index is 12.1. The molecule has 0 aliphatic rings. The Hall–Kier alpha value is -3.01. The van der Waals surface area contributed by atoms with Gasteiger partial charge in [-0.15, -0.1) is 22.7 Å². The van der Waals surface area contributed by atoms with E-state index in [0.29, 0.717) is 4.88 Å². The Morgan fingerprint density at radius 1 is 1.35 bits per heavy atom. The molecule has 0 unspecified atom stereocenters. The van der Waals surface area contributed by atoms with Gasteiger partial charge < -0.3 is 4.74 Å². The third-order valence-corrected chi connectivity index (χ3v) is 4.46. The number of rotatable bonds is 5. The van der Waals surface area contributed by atoms with E-state index in [9.17, 15) is 9.59 Å². The zero-order valence-corrected chi connectivity index (χ0v) is 13.3. The average Bonchev–Trinajstić information content (AvgIpc) is 3.23. The predicted octanol–water partition coefficient (Wildman–Crippen LogP) is 2.64. The number of hydrogen-bond donors (Lipinski definition) is 1. The van der Waals surface area contributed by atoms with Gasteiger partial charge in [-0.3, -0.25) is 10.2 Å². The van der Waals surface area contributed by atoms with Gasteiger partial charge in [-0.2, -0.15) is 15.6 Å². The first-order chi connectivity index (χ1) is 11.1. The lowest BCUT2D eigenvalue weighted by Crippen LogP contribution is -2.13. The summed E-state index contributed by atoms with van der Waals surface area (Å²) in [4.78, 5) is 24.2. The molecule has 0 amide bonds. The summed E-state index contributed by atoms with van der Waals surface area (Å²) in [5.41, 5.74) is 2.36. The van der Waals surface area contributed by atoms with E-state index >= 15 is 0 Å². The third-order valence-electron chi connectivity index (χ3n) is 2.63. The molecule has 0 bridgehead atoms. The first-order valence-corrected chi connectivity index (χ1v) is 7.80. The van der Waals surface area contributed by atoms with Crippen molar-refractivity contribution < 1.29 is 14.3 Å². The molecule has 0 saturated heterocycles. The van der Waals surface area contributed by atoms with Crippen LogP contribution in [0.2, 0.25) is 0 Å². The van der Waals surface area contributed by atoms with Crippen LogP contribution in [0.1, 0.15) is 24.9 Å². The van der Waals surface area contributed by atoms with Crippen LogP contribution in [0.25, 0.3) is 0 Å². The quantitative estimate of drug-likeness (QED) is 0.386. The fourth-order valence-electron chi connectivity index (χ4n) is 1.56. The van der Waals surface area contributed by atoms with Gasteiger partial charge in [-0.05, 0) is 11.4 Å². The molecule has 2 aromatic heterocycles. The number of carbonyl (C=O) groups excluding carboxylic acids is 2. The number of Topliss-reactive ketones (excluding diaryl/α,β-unsaturated/α-hetero) is 1. The summed E-state index contributed by atoms with van der Waals surface area (Å²) >= 11 is 2.19. The first-order valence-electron chi connectivity index (χ1n) is 6.04. The van der Waals surface area contributed by atoms with E-state index in [1.807, 2.05) is 6.07 Å². The van der Waals surface area contributed by atoms with Crippen LogP contribution < -0.4 is 5.43 Å². The van der Waals surface area contributed by atoms with E-state index < -0.39 is 11.8 Å². The molecule has 0 atom stereocenters. The van der Waals surface area contributed by atoms with Gasteiger partial charge in [0, 0.05) is 5.38 Å². The maximum Gasteiger partial charge on any atom is 0.350 e. The maximum absolute atomic E-state index is 12.1. The smallest absolute Gasteiger partial charge is 0.350 e. The molecule has 0 saturated carbocycles. The largest absolute Gasteiger partial charge is 0.465 e. The second-order valence-electron chi connectivity index (χ2n) is 3.95. The van der Waals surface area contributed by atoms with Gasteiger partial charge in [-0.25, -0.2) is 4.79 Å². The highest BCUT2D eigenvalue weighted by atomic mass is 32.1. The summed E-state index contributed by atoms with van der Waals surface area (Å²) in [6.45, 7) is 0. The van der Waals surface area contributed by atoms with E-state index in [1.54, 1.807) is 23.6 Å². The minimum absolute atomic E-state index is 0.107. The highest BCUT2D eigenvalue weighted by Crippen LogP contribution is 2.28. The van der Waals surface area contributed by atoms with Crippen LogP contribution in [0.4, 0.5) is 5.69 Å². The minimum atomic E-state index is -0.641. The SMILES string of the molecule is COC(=O)c1scc(C#N)c1N/N=C(/C#N)C(=O)c1cccs1. The second kappa shape index (κ2) is 7.31. The number of hydrazone groups is 1. The number of ketones is 1. The van der Waals surface area contributed by atoms with Crippen LogP contribution in [0, 0.1) is 22.7 Å². The van der Waals surface area contributed by atoms with Crippen molar-refractivity contribution in [3.8, 4) is 12.1 Å². The van der Waals surface area contributed by atoms with Crippen LogP contribution in [0.3, 0.4) is 0 Å². The number of esters is 1. The predicted molar refractivity (Wildman–Crippen MR) is 85.7 cm³/mol. The van der Waals surface area contributed by atoms with Gasteiger partial charge in [-0.1, -0.05) is 6.07 Å². The summed E-state index contributed by atoms with van der Waals surface area (Å²) in [6, 6.07) is 6.86. The van der Waals surface area contributed by atoms with E-state index in [0.717, 1.165) is 11.3 Å². The molecule has 1 N–H and O–H groups in total. The number of ether oxygens (including phenoxy) is 1. The number of carbonyl (C=O) groups is 2. The van der Waals surface area contributed by atoms with Gasteiger partial charge >= 0.3 is 5.97 Å². The van der Waals surface area contributed by atoms with Crippen molar-refractivity contribution in [2.75, 3.05) is 12.5 Å². The summed E-state index contributed by atoms with van der Waals surface area (Å²) in [5, 5.41) is 25.0. The molecule has 2 rings (SSSR count). The molecule has 0 aliphatic carbocycles. The highest BCUT2D eigenvalue weighted by Gasteiger charge is 2.20. The van der Waals surface area contributed by atoms with Crippen LogP contribution >= 0.6 is 22.7 Å². The van der Waals surface area contributed by atoms with Crippen LogP contribution in [-0.4, -0.2) is 24.6 Å². The number of nitrogens with one attached hydrogen (secondary N) is 1. The topological polar surface area (TPSA) is 115 Å². The summed E-state index contributed by atoms with van der Waals surface area (Å²) in [5.74, 6) is -1.18. The summed E-state index contributed by atoms with van der Waals surface area (Å²) < 4.78 is 4.62. The Balaban J connectivity index is 2.33. The Labute approximate surface area is 139 Å². The molecule has 9 heteroatoms. The molecule has 114 valence electrons. The van der Waals surface area contributed by atoms with Crippen molar-refractivity contribution >= 4 is 45.8 Å². The number of nitrogens with zero attached hydrogens (tertiary/aromatic N) is 3. The van der Waals surface area contributed by atoms with Crippen LogP contribution in [-0.2, 0) is 4.74 Å². The van der Waals surface area contributed by atoms with E-state index in [2.05, 4.69) is 15.3 Å². The van der Waals surface area contributed by atoms with Gasteiger partial charge in [0.05, 0.1) is 23.2 Å². The molecular formula is C14H8N4O3S2. The lowest BCUT2D eigenvalue weighted by atomic mass is 10.2. The molecule has 2 heterocycles. The number of hydrogen-bond acceptors (Lipinski definition) is 9. The van der Waals surface area contributed by atoms with E-state index in [1.165, 1.54) is 23.8 Å². The van der Waals surface area contributed by atoms with Crippen molar-refractivity contribution in [3.05, 3.63) is 38.2 Å². The second-order valence-corrected chi connectivity index (χ2v) is 5.77. The molecule has 23 heavy (non-hydrogen) atoms. The molecule has 7 nitrogen and oxygen atoms in total. The van der Waals surface area contributed by atoms with E-state index in [-0.39, 0.29) is 21.8 Å². The van der Waals surface area contributed by atoms with Gasteiger partial charge in [0.2, 0.25) is 11.5 Å². The fourth-order valence-corrected chi connectivity index (χ4v) is 3.08. The molecule has 0 aliphatic heterocycles. The van der Waals surface area contributed by atoms with Gasteiger partial charge in [0.15, 0.2) is 0 Å². The van der Waals surface area contributed by atoms with Crippen molar-refractivity contribution in [3.63, 3.8) is 0 Å². The summed E-state index contributed by atoms with van der Waals surface area (Å²) in [7, 11) is 1.21. The first kappa shape index (κ1) is 16.4. The number of thiophene rings is 2. The standard InChI is InChI=1S/C14H8N4O3S2/c1-21-14(20)13-11(8(5-15)7-23-13)18-17-9(6-16)12(19)10-3-2-4-22-10/h2-4,7,18H,1H3/b17-9-. The Kier molecular flexibility index (Phi) is 5.20. The lowest BCUT2D eigenvalue weighted by molar-refractivity contribution is 0.0607. The zero-order valence-electron chi connectivity index (χ0n) is 11.7. The van der Waals surface area contributed by atoms with Crippen LogP contribution in [0.5, 0.6) is 0 Å². The Morgan fingerprint density at radius 3 is 2.70 bits per heavy atom. The number of nitriles is 2. The molecular weight excluding hydrogens is 336 g/mol. The molecule has 0 radical (unpaired) electrons. The Bertz CT molecular complexity index is 854. The van der Waals surface area contributed by atoms with Crippen molar-refractivity contribution in [2.45, 2.75) is 0 Å². The van der Waals surface area contributed by atoms with E-state index in [4.69, 9.17) is 10.5 Å². The fraction of sp³-hybridized carbons (Fsp3) is 0.0714. The third kappa shape index (κ3) is 3.43. The highest BCUT2D eigenvalue weighted by molar-refractivity contribution is 7.13. The molecule has 0 spiro atoms. The molecule has 2 aromatic rings. The minimum Gasteiger partial charge on any atom is -0.465 e. The molecule has 0 aromatic carbocycles. The van der Waals surface area contributed by atoms with Gasteiger partial charge in [0.1, 0.15) is 17.0 Å². The van der Waals surface area contributed by atoms with Crippen LogP contribution in [0.15, 0.2) is 28.0 Å². The monoisotopic (exact) mass is 344 g/mol. The molecule has 0 fully saturated rings. The van der Waals surface area contributed by atoms with Crippen molar-refractivity contribution in [1.29, 1.82) is 10.5 Å². The zero-order chi connectivity index (χ0) is 16.8. The van der Waals surface area contributed by atoms with Crippen molar-refractivity contribution in [1.82, 2.24) is 0 Å². The average molecular weight is 344 g/mol. The summed E-state index contributed by atoms with van der Waals surface area (Å²) in [6.07, 6.45) is 0. The normalized spacial score (nSPS) is 10.5.